The second-order valence-corrected chi connectivity index (χ2v) is 5.93. The summed E-state index contributed by atoms with van der Waals surface area (Å²) in [5.74, 6) is 0.715. The number of fused-ring (bicyclic) bond motifs is 1. The van der Waals surface area contributed by atoms with Gasteiger partial charge in [-0.2, -0.15) is 0 Å². The van der Waals surface area contributed by atoms with Gasteiger partial charge in [-0.15, -0.1) is 0 Å². The highest BCUT2D eigenvalue weighted by Gasteiger charge is 2.15. The van der Waals surface area contributed by atoms with Crippen molar-refractivity contribution in [3.63, 3.8) is 0 Å². The molecule has 6 nitrogen and oxygen atoms in total. The van der Waals surface area contributed by atoms with Crippen molar-refractivity contribution in [1.82, 2.24) is 0 Å². The van der Waals surface area contributed by atoms with Gasteiger partial charge in [0, 0.05) is 6.07 Å². The second-order valence-electron chi connectivity index (χ2n) is 3.69. The summed E-state index contributed by atoms with van der Waals surface area (Å²) in [6, 6.07) is 4.79. The Bertz CT molecular complexity index is 571. The molecule has 0 radical (unpaired) electrons. The maximum Gasteiger partial charge on any atom is 0.239 e. The van der Waals surface area contributed by atoms with Gasteiger partial charge in [-0.3, -0.25) is 4.72 Å². The van der Waals surface area contributed by atoms with Crippen LogP contribution in [0.15, 0.2) is 18.2 Å². The van der Waals surface area contributed by atoms with Crippen LogP contribution in [0.4, 0.5) is 5.69 Å². The molecule has 0 atom stereocenters. The van der Waals surface area contributed by atoms with E-state index in [1.165, 1.54) is 0 Å². The van der Waals surface area contributed by atoms with Crippen LogP contribution in [0.25, 0.3) is 0 Å². The Morgan fingerprint density at radius 2 is 2.00 bits per heavy atom. The number of benzene rings is 1. The van der Waals surface area contributed by atoms with E-state index in [1.54, 1.807) is 18.2 Å². The highest BCUT2D eigenvalue weighted by atomic mass is 32.2. The second kappa shape index (κ2) is 4.99. The predicted octanol–water partition coefficient (Wildman–Crippen LogP) is 0.486. The average molecular weight is 288 g/mol. The molecule has 0 spiro atoms. The minimum absolute atomic E-state index is 0.0833. The lowest BCUT2D eigenvalue weighted by Gasteiger charge is -2.19. The molecule has 0 saturated carbocycles. The van der Waals surface area contributed by atoms with E-state index in [9.17, 15) is 8.42 Å². The van der Waals surface area contributed by atoms with Crippen LogP contribution in [0.2, 0.25) is 0 Å². The number of nitrogens with one attached hydrogen (secondary N) is 1. The lowest BCUT2D eigenvalue weighted by Crippen LogP contribution is -2.26. The number of thiocarbonyl (C=S) groups is 1. The summed E-state index contributed by atoms with van der Waals surface area (Å²) in [6.07, 6.45) is 0. The molecule has 8 heteroatoms. The third kappa shape index (κ3) is 3.23. The fourth-order valence-corrected chi connectivity index (χ4v) is 2.91. The SMILES string of the molecule is NC(=S)CS(=O)(=O)Nc1ccc2c(c1)OCCO2. The first-order chi connectivity index (χ1) is 8.46. The van der Waals surface area contributed by atoms with Gasteiger partial charge in [-0.25, -0.2) is 8.42 Å². The van der Waals surface area contributed by atoms with Gasteiger partial charge < -0.3 is 15.2 Å². The number of rotatable bonds is 4. The quantitative estimate of drug-likeness (QED) is 0.783. The summed E-state index contributed by atoms with van der Waals surface area (Å²) in [6.45, 7) is 0.926. The minimum atomic E-state index is -3.57. The molecule has 98 valence electrons. The number of sulfonamides is 1. The maximum atomic E-state index is 11.6. The molecule has 3 N–H and O–H groups in total. The van der Waals surface area contributed by atoms with E-state index < -0.39 is 15.8 Å². The first kappa shape index (κ1) is 12.9. The van der Waals surface area contributed by atoms with Crippen molar-refractivity contribution in [2.24, 2.45) is 5.73 Å². The van der Waals surface area contributed by atoms with Crippen LogP contribution in [-0.2, 0) is 10.0 Å². The molecule has 0 fully saturated rings. The van der Waals surface area contributed by atoms with Crippen molar-refractivity contribution >= 4 is 32.9 Å². The molecule has 0 aliphatic carbocycles. The topological polar surface area (TPSA) is 90.7 Å². The van der Waals surface area contributed by atoms with Crippen LogP contribution in [0, 0.1) is 0 Å². The molecule has 18 heavy (non-hydrogen) atoms. The van der Waals surface area contributed by atoms with Gasteiger partial charge in [0.05, 0.1) is 10.7 Å². The van der Waals surface area contributed by atoms with Crippen molar-refractivity contribution in [3.8, 4) is 11.5 Å². The number of hydrogen-bond acceptors (Lipinski definition) is 5. The fourth-order valence-electron chi connectivity index (χ4n) is 1.51. The molecule has 1 aromatic carbocycles. The van der Waals surface area contributed by atoms with Gasteiger partial charge in [0.15, 0.2) is 11.5 Å². The Morgan fingerprint density at radius 3 is 2.67 bits per heavy atom. The molecular weight excluding hydrogens is 276 g/mol. The summed E-state index contributed by atoms with van der Waals surface area (Å²) in [5, 5.41) is 0. The summed E-state index contributed by atoms with van der Waals surface area (Å²) in [7, 11) is -3.57. The zero-order chi connectivity index (χ0) is 13.2. The van der Waals surface area contributed by atoms with Crippen LogP contribution in [0.5, 0.6) is 11.5 Å². The van der Waals surface area contributed by atoms with Crippen LogP contribution < -0.4 is 19.9 Å². The minimum Gasteiger partial charge on any atom is -0.486 e. The van der Waals surface area contributed by atoms with E-state index in [1.807, 2.05) is 0 Å². The largest absolute Gasteiger partial charge is 0.486 e. The van der Waals surface area contributed by atoms with Crippen LogP contribution in [0.3, 0.4) is 0 Å². The van der Waals surface area contributed by atoms with Gasteiger partial charge in [-0.05, 0) is 12.1 Å². The Balaban J connectivity index is 2.17. The fraction of sp³-hybridized carbons (Fsp3) is 0.300. The van der Waals surface area contributed by atoms with Gasteiger partial charge in [0.1, 0.15) is 19.0 Å². The monoisotopic (exact) mass is 288 g/mol. The summed E-state index contributed by atoms with van der Waals surface area (Å²) >= 11 is 4.57. The van der Waals surface area contributed by atoms with E-state index >= 15 is 0 Å². The molecule has 1 aromatic rings. The van der Waals surface area contributed by atoms with Crippen LogP contribution in [-0.4, -0.2) is 32.4 Å². The van der Waals surface area contributed by atoms with E-state index in [2.05, 4.69) is 16.9 Å². The zero-order valence-corrected chi connectivity index (χ0v) is 11.0. The van der Waals surface area contributed by atoms with E-state index in [0.29, 0.717) is 30.4 Å². The van der Waals surface area contributed by atoms with Crippen molar-refractivity contribution < 1.29 is 17.9 Å². The maximum absolute atomic E-state index is 11.6. The average Bonchev–Trinajstić information content (AvgIpc) is 2.26. The zero-order valence-electron chi connectivity index (χ0n) is 9.38. The first-order valence-corrected chi connectivity index (χ1v) is 7.21. The van der Waals surface area contributed by atoms with Crippen LogP contribution >= 0.6 is 12.2 Å². The van der Waals surface area contributed by atoms with Crippen molar-refractivity contribution in [2.75, 3.05) is 23.7 Å². The Kier molecular flexibility index (Phi) is 3.58. The lowest BCUT2D eigenvalue weighted by atomic mass is 10.3. The summed E-state index contributed by atoms with van der Waals surface area (Å²) < 4.78 is 36.3. The highest BCUT2D eigenvalue weighted by Crippen LogP contribution is 2.32. The van der Waals surface area contributed by atoms with E-state index in [0.717, 1.165) is 0 Å². The van der Waals surface area contributed by atoms with Crippen molar-refractivity contribution in [3.05, 3.63) is 18.2 Å². The number of anilines is 1. The molecule has 0 saturated heterocycles. The van der Waals surface area contributed by atoms with E-state index in [4.69, 9.17) is 15.2 Å². The van der Waals surface area contributed by atoms with E-state index in [-0.39, 0.29) is 4.99 Å². The van der Waals surface area contributed by atoms with Gasteiger partial charge in [0.25, 0.3) is 0 Å². The summed E-state index contributed by atoms with van der Waals surface area (Å²) in [4.78, 5) is -0.0833. The standard InChI is InChI=1S/C10H12N2O4S2/c11-10(17)6-18(13,14)12-7-1-2-8-9(5-7)16-4-3-15-8/h1-2,5,12H,3-4,6H2,(H2,11,17). The number of ether oxygens (including phenoxy) is 2. The summed E-state index contributed by atoms with van der Waals surface area (Å²) in [5.41, 5.74) is 5.60. The van der Waals surface area contributed by atoms with Gasteiger partial charge in [0.2, 0.25) is 10.0 Å². The molecule has 0 bridgehead atoms. The third-order valence-corrected chi connectivity index (χ3v) is 3.71. The smallest absolute Gasteiger partial charge is 0.239 e. The van der Waals surface area contributed by atoms with Crippen LogP contribution in [0.1, 0.15) is 0 Å². The van der Waals surface area contributed by atoms with Crippen molar-refractivity contribution in [2.45, 2.75) is 0 Å². The molecule has 2 rings (SSSR count). The molecule has 1 aliphatic rings. The third-order valence-electron chi connectivity index (χ3n) is 2.15. The Labute approximate surface area is 110 Å². The number of nitrogens with two attached hydrogens (primary N) is 1. The van der Waals surface area contributed by atoms with Gasteiger partial charge >= 0.3 is 0 Å². The lowest BCUT2D eigenvalue weighted by molar-refractivity contribution is 0.171. The van der Waals surface area contributed by atoms with Crippen molar-refractivity contribution in [1.29, 1.82) is 0 Å². The Morgan fingerprint density at radius 1 is 1.33 bits per heavy atom. The normalized spacial score (nSPS) is 14.0. The highest BCUT2D eigenvalue weighted by molar-refractivity contribution is 7.95. The molecule has 0 amide bonds. The predicted molar refractivity (Wildman–Crippen MR) is 71.6 cm³/mol. The number of hydrogen-bond donors (Lipinski definition) is 2. The first-order valence-electron chi connectivity index (χ1n) is 5.15. The molecule has 0 aromatic heterocycles. The Hall–Kier alpha value is -1.54. The van der Waals surface area contributed by atoms with Gasteiger partial charge in [-0.1, -0.05) is 12.2 Å². The molecular formula is C10H12N2O4S2. The molecule has 1 aliphatic heterocycles. The molecule has 0 unspecified atom stereocenters. The molecule has 1 heterocycles.